The van der Waals surface area contributed by atoms with E-state index in [1.54, 1.807) is 0 Å². The number of hydrogen-bond donors (Lipinski definition) is 0. The summed E-state index contributed by atoms with van der Waals surface area (Å²) in [6.45, 7) is 18.8. The Morgan fingerprint density at radius 3 is 2.29 bits per heavy atom. The van der Waals surface area contributed by atoms with Crippen LogP contribution in [0, 0.1) is 5.41 Å². The van der Waals surface area contributed by atoms with Gasteiger partial charge in [-0.2, -0.15) is 11.8 Å². The first-order valence-electron chi connectivity index (χ1n) is 9.11. The van der Waals surface area contributed by atoms with Gasteiger partial charge in [-0.25, -0.2) is 0 Å². The molecule has 3 aliphatic rings. The standard InChI is InChI=1S/C19H33N3OS/c1-13-16(19(5,6)24-7)15-10-21(14-11-23-12-14)8-9-22(15)17(20-13)18(2,3)4/h13-14H,8-12H2,1-7H3/t13-/m0/s1. The fourth-order valence-corrected chi connectivity index (χ4v) is 4.56. The van der Waals surface area contributed by atoms with E-state index >= 15 is 0 Å². The van der Waals surface area contributed by atoms with E-state index < -0.39 is 0 Å². The smallest absolute Gasteiger partial charge is 0.109 e. The molecule has 0 spiro atoms. The second-order valence-corrected chi connectivity index (χ2v) is 10.2. The third-order valence-electron chi connectivity index (χ3n) is 5.56. The minimum absolute atomic E-state index is 0.0797. The number of piperazine rings is 1. The molecule has 0 unspecified atom stereocenters. The molecule has 0 N–H and O–H groups in total. The van der Waals surface area contributed by atoms with Crippen LogP contribution in [0.25, 0.3) is 0 Å². The zero-order chi connectivity index (χ0) is 17.7. The number of thioether (sulfide) groups is 1. The predicted molar refractivity (Wildman–Crippen MR) is 104 cm³/mol. The Bertz CT molecular complexity index is 557. The van der Waals surface area contributed by atoms with E-state index in [1.165, 1.54) is 17.1 Å². The van der Waals surface area contributed by atoms with E-state index in [-0.39, 0.29) is 16.2 Å². The highest BCUT2D eigenvalue weighted by Crippen LogP contribution is 2.41. The maximum Gasteiger partial charge on any atom is 0.109 e. The summed E-state index contributed by atoms with van der Waals surface area (Å²) >= 11 is 1.93. The maximum absolute atomic E-state index is 5.44. The van der Waals surface area contributed by atoms with Crippen molar-refractivity contribution in [3.8, 4) is 0 Å². The van der Waals surface area contributed by atoms with Gasteiger partial charge in [-0.15, -0.1) is 0 Å². The highest BCUT2D eigenvalue weighted by molar-refractivity contribution is 8.00. The molecule has 3 aliphatic heterocycles. The molecule has 0 bridgehead atoms. The Labute approximate surface area is 151 Å². The number of hydrogen-bond acceptors (Lipinski definition) is 5. The van der Waals surface area contributed by atoms with E-state index in [0.717, 1.165) is 32.8 Å². The van der Waals surface area contributed by atoms with Crippen LogP contribution in [0.1, 0.15) is 41.5 Å². The number of fused-ring (bicyclic) bond motifs is 1. The van der Waals surface area contributed by atoms with Crippen LogP contribution in [-0.4, -0.2) is 71.6 Å². The molecule has 3 heterocycles. The van der Waals surface area contributed by atoms with E-state index in [4.69, 9.17) is 9.73 Å². The molecule has 5 heteroatoms. The lowest BCUT2D eigenvalue weighted by Gasteiger charge is -2.50. The zero-order valence-electron chi connectivity index (χ0n) is 16.3. The van der Waals surface area contributed by atoms with Crippen molar-refractivity contribution < 1.29 is 4.74 Å². The summed E-state index contributed by atoms with van der Waals surface area (Å²) in [5.41, 5.74) is 3.09. The first-order valence-corrected chi connectivity index (χ1v) is 10.3. The van der Waals surface area contributed by atoms with E-state index in [1.807, 2.05) is 11.8 Å². The summed E-state index contributed by atoms with van der Waals surface area (Å²) in [4.78, 5) is 10.3. The molecule has 0 amide bonds. The molecular formula is C19H33N3OS. The Balaban J connectivity index is 2.01. The first-order chi connectivity index (χ1) is 11.1. The predicted octanol–water partition coefficient (Wildman–Crippen LogP) is 3.25. The quantitative estimate of drug-likeness (QED) is 0.780. The van der Waals surface area contributed by atoms with Crippen LogP contribution < -0.4 is 0 Å². The average Bonchev–Trinajstić information content (AvgIpc) is 2.43. The van der Waals surface area contributed by atoms with Gasteiger partial charge in [-0.05, 0) is 32.6 Å². The summed E-state index contributed by atoms with van der Waals surface area (Å²) in [5.74, 6) is 1.26. The van der Waals surface area contributed by atoms with Gasteiger partial charge in [0.15, 0.2) is 0 Å². The highest BCUT2D eigenvalue weighted by Gasteiger charge is 2.42. The average molecular weight is 352 g/mol. The lowest BCUT2D eigenvalue weighted by atomic mass is 9.86. The fourth-order valence-electron chi connectivity index (χ4n) is 4.05. The minimum atomic E-state index is 0.0797. The molecule has 24 heavy (non-hydrogen) atoms. The monoisotopic (exact) mass is 351 g/mol. The van der Waals surface area contributed by atoms with Gasteiger partial charge < -0.3 is 9.64 Å². The maximum atomic E-state index is 5.44. The summed E-state index contributed by atoms with van der Waals surface area (Å²) in [5, 5.41) is 0. The van der Waals surface area contributed by atoms with Gasteiger partial charge in [0.1, 0.15) is 5.84 Å². The van der Waals surface area contributed by atoms with Crippen molar-refractivity contribution in [2.24, 2.45) is 10.4 Å². The van der Waals surface area contributed by atoms with Crippen LogP contribution in [0.2, 0.25) is 0 Å². The fraction of sp³-hybridized carbons (Fsp3) is 0.842. The summed E-state index contributed by atoms with van der Waals surface area (Å²) in [7, 11) is 0. The number of ether oxygens (including phenoxy) is 1. The van der Waals surface area contributed by atoms with Crippen LogP contribution in [0.3, 0.4) is 0 Å². The van der Waals surface area contributed by atoms with Crippen LogP contribution >= 0.6 is 11.8 Å². The lowest BCUT2D eigenvalue weighted by Crippen LogP contribution is -2.59. The van der Waals surface area contributed by atoms with Gasteiger partial charge in [0.25, 0.3) is 0 Å². The van der Waals surface area contributed by atoms with Crippen LogP contribution in [0.15, 0.2) is 16.3 Å². The van der Waals surface area contributed by atoms with Crippen molar-refractivity contribution in [1.82, 2.24) is 9.80 Å². The second-order valence-electron chi connectivity index (χ2n) is 8.77. The molecule has 2 saturated heterocycles. The molecule has 0 saturated carbocycles. The number of nitrogens with zero attached hydrogens (tertiary/aromatic N) is 3. The molecule has 1 atom stereocenters. The molecule has 0 aliphatic carbocycles. The third-order valence-corrected chi connectivity index (χ3v) is 6.80. The molecule has 2 fully saturated rings. The van der Waals surface area contributed by atoms with Crippen molar-refractivity contribution >= 4 is 17.6 Å². The van der Waals surface area contributed by atoms with Gasteiger partial charge in [0.05, 0.1) is 25.3 Å². The largest absolute Gasteiger partial charge is 0.378 e. The lowest BCUT2D eigenvalue weighted by molar-refractivity contribution is -0.0687. The summed E-state index contributed by atoms with van der Waals surface area (Å²) in [6, 6.07) is 0.857. The Hall–Kier alpha value is -0.520. The van der Waals surface area contributed by atoms with Crippen LogP contribution in [0.5, 0.6) is 0 Å². The summed E-state index contributed by atoms with van der Waals surface area (Å²) in [6.07, 6.45) is 2.22. The van der Waals surface area contributed by atoms with Crippen molar-refractivity contribution in [2.75, 3.05) is 39.1 Å². The highest BCUT2D eigenvalue weighted by atomic mass is 32.2. The summed E-state index contributed by atoms with van der Waals surface area (Å²) < 4.78 is 5.55. The van der Waals surface area contributed by atoms with Crippen molar-refractivity contribution in [3.63, 3.8) is 0 Å². The Morgan fingerprint density at radius 2 is 1.79 bits per heavy atom. The molecule has 4 nitrogen and oxygen atoms in total. The third kappa shape index (κ3) is 3.15. The molecule has 136 valence electrons. The molecular weight excluding hydrogens is 318 g/mol. The van der Waals surface area contributed by atoms with E-state index in [9.17, 15) is 0 Å². The van der Waals surface area contributed by atoms with Gasteiger partial charge in [-0.3, -0.25) is 9.89 Å². The van der Waals surface area contributed by atoms with Crippen LogP contribution in [0.4, 0.5) is 0 Å². The van der Waals surface area contributed by atoms with Crippen molar-refractivity contribution in [3.05, 3.63) is 11.3 Å². The normalized spacial score (nSPS) is 27.0. The second kappa shape index (κ2) is 6.33. The zero-order valence-corrected chi connectivity index (χ0v) is 17.2. The molecule has 0 aromatic heterocycles. The van der Waals surface area contributed by atoms with Gasteiger partial charge in [0, 0.05) is 35.5 Å². The van der Waals surface area contributed by atoms with Crippen molar-refractivity contribution in [1.29, 1.82) is 0 Å². The number of rotatable bonds is 3. The molecule has 3 rings (SSSR count). The van der Waals surface area contributed by atoms with Crippen LogP contribution in [-0.2, 0) is 4.74 Å². The number of aliphatic imine (C=N–C) groups is 1. The SMILES string of the molecule is CSC(C)(C)C1=C2CN(C3COC3)CCN2C(C(C)(C)C)=N[C@H]1C. The topological polar surface area (TPSA) is 28.1 Å². The minimum Gasteiger partial charge on any atom is -0.378 e. The van der Waals surface area contributed by atoms with E-state index in [0.29, 0.717) is 6.04 Å². The van der Waals surface area contributed by atoms with Gasteiger partial charge in [-0.1, -0.05) is 20.8 Å². The first kappa shape index (κ1) is 18.3. The molecule has 0 aromatic rings. The molecule has 0 radical (unpaired) electrons. The van der Waals surface area contributed by atoms with Gasteiger partial charge in [0.2, 0.25) is 0 Å². The Kier molecular flexibility index (Phi) is 4.82. The van der Waals surface area contributed by atoms with Crippen molar-refractivity contribution in [2.45, 2.75) is 58.4 Å². The van der Waals surface area contributed by atoms with Gasteiger partial charge >= 0.3 is 0 Å². The van der Waals surface area contributed by atoms with E-state index in [2.05, 4.69) is 57.6 Å². The number of amidine groups is 1. The Morgan fingerprint density at radius 1 is 1.12 bits per heavy atom. The molecule has 0 aromatic carbocycles.